The van der Waals surface area contributed by atoms with Gasteiger partial charge in [0.05, 0.1) is 13.0 Å². The van der Waals surface area contributed by atoms with E-state index in [2.05, 4.69) is 10.5 Å². The molecule has 0 spiro atoms. The van der Waals surface area contributed by atoms with E-state index in [0.717, 1.165) is 12.8 Å². The Kier molecular flexibility index (Phi) is 50.9. The van der Waals surface area contributed by atoms with Crippen molar-refractivity contribution in [1.82, 2.24) is 0 Å². The second-order valence-electron chi connectivity index (χ2n) is 16.2. The summed E-state index contributed by atoms with van der Waals surface area (Å²) in [5, 5.41) is 81.7. The molecule has 0 unspecified atom stereocenters. The van der Waals surface area contributed by atoms with Crippen molar-refractivity contribution in [3.8, 4) is 5.75 Å². The highest BCUT2D eigenvalue weighted by Crippen LogP contribution is 2.14. The number of rotatable bonds is 29. The third kappa shape index (κ3) is 55.0. The summed E-state index contributed by atoms with van der Waals surface area (Å²) in [6, 6.07) is -2.92. The van der Waals surface area contributed by atoms with Gasteiger partial charge in [-0.15, -0.1) is 0 Å². The van der Waals surface area contributed by atoms with Crippen molar-refractivity contribution in [1.29, 1.82) is 0 Å². The van der Waals surface area contributed by atoms with Gasteiger partial charge in [-0.1, -0.05) is 18.6 Å². The molecule has 1 aromatic carbocycles. The van der Waals surface area contributed by atoms with Gasteiger partial charge in [0.25, 0.3) is 0 Å². The van der Waals surface area contributed by atoms with Crippen LogP contribution in [0.2, 0.25) is 0 Å². The van der Waals surface area contributed by atoms with Crippen LogP contribution in [0.3, 0.4) is 0 Å². The lowest BCUT2D eigenvalue weighted by molar-refractivity contribution is -0.155. The number of hydrogen-bond donors (Lipinski definition) is 21. The molecule has 0 aliphatic rings. The molecule has 1 rings (SSSR count). The van der Waals surface area contributed by atoms with E-state index in [4.69, 9.17) is 118 Å². The number of unbranched alkanes of at least 4 members (excludes halogenated alkanes) is 1. The van der Waals surface area contributed by atoms with E-state index in [1.807, 2.05) is 0 Å². The van der Waals surface area contributed by atoms with Gasteiger partial charge >= 0.3 is 77.6 Å². The summed E-state index contributed by atoms with van der Waals surface area (Å²) in [6.07, 6.45) is 0.454. The third-order valence-electron chi connectivity index (χ3n) is 8.60. The largest absolute Gasteiger partial charge is 0.481 e. The number of esters is 3. The van der Waals surface area contributed by atoms with Gasteiger partial charge < -0.3 is 128 Å². The van der Waals surface area contributed by atoms with Crippen molar-refractivity contribution in [2.45, 2.75) is 139 Å². The highest BCUT2D eigenvalue weighted by Gasteiger charge is 2.25. The molecule has 0 aromatic heterocycles. The van der Waals surface area contributed by atoms with E-state index in [1.165, 1.54) is 32.9 Å². The Balaban J connectivity index is -0.000000214. The number of benzene rings is 1. The molecule has 37 nitrogen and oxygen atoms in total. The van der Waals surface area contributed by atoms with Gasteiger partial charge in [0.1, 0.15) is 72.8 Å². The monoisotopic (exact) mass is 1180 g/mol. The molecule has 0 fully saturated rings. The van der Waals surface area contributed by atoms with Crippen LogP contribution in [0.15, 0.2) is 24.3 Å². The van der Waals surface area contributed by atoms with Crippen molar-refractivity contribution in [2.75, 3.05) is 19.7 Å². The third-order valence-corrected chi connectivity index (χ3v) is 8.60. The lowest BCUT2D eigenvalue weighted by Crippen LogP contribution is -2.44. The summed E-state index contributed by atoms with van der Waals surface area (Å²) in [6.45, 7) is 4.28. The van der Waals surface area contributed by atoms with Crippen LogP contribution in [0.25, 0.3) is 0 Å². The molecule has 466 valence electrons. The molecule has 0 saturated carbocycles. The first-order chi connectivity index (χ1) is 37.1. The van der Waals surface area contributed by atoms with Crippen molar-refractivity contribution in [3.63, 3.8) is 0 Å². The molecule has 0 amide bonds. The average Bonchev–Trinajstić information content (AvgIpc) is 3.37. The molecule has 0 aliphatic carbocycles. The molecule has 0 radical (unpaired) electrons. The summed E-state index contributed by atoms with van der Waals surface area (Å²) < 4.78 is 14.5. The van der Waals surface area contributed by atoms with Gasteiger partial charge in [-0.05, 0) is 77.1 Å². The molecule has 32 N–H and O–H groups in total. The lowest BCUT2D eigenvalue weighted by Gasteiger charge is -2.17. The zero-order valence-corrected chi connectivity index (χ0v) is 44.4. The molecule has 81 heavy (non-hydrogen) atoms. The van der Waals surface area contributed by atoms with E-state index in [9.17, 15) is 62.3 Å². The van der Waals surface area contributed by atoms with E-state index in [0.29, 0.717) is 18.5 Å². The first-order valence-corrected chi connectivity index (χ1v) is 23.2. The van der Waals surface area contributed by atoms with Gasteiger partial charge in [-0.3, -0.25) is 57.5 Å². The van der Waals surface area contributed by atoms with Crippen molar-refractivity contribution >= 4 is 77.6 Å². The van der Waals surface area contributed by atoms with E-state index >= 15 is 0 Å². The lowest BCUT2D eigenvalue weighted by atomic mass is 10.1. The van der Waals surface area contributed by atoms with Crippen molar-refractivity contribution in [3.05, 3.63) is 29.8 Å². The fraction of sp³-hybridized carbons (Fsp3) is 0.568. The number of carboxylic acid groups (broad SMARTS) is 10. The number of nitrogens with two attached hydrogens (primary N) is 11. The molecular weight excluding hydrogens is 1100 g/mol. The van der Waals surface area contributed by atoms with Crippen molar-refractivity contribution in [2.24, 2.45) is 63.1 Å². The highest BCUT2D eigenvalue weighted by atomic mass is 16.6. The first kappa shape index (κ1) is 84.2. The van der Waals surface area contributed by atoms with E-state index in [-0.39, 0.29) is 51.0 Å². The number of aliphatic carboxylic acids is 10. The molecule has 0 bridgehead atoms. The molecule has 0 aliphatic heterocycles. The van der Waals surface area contributed by atoms with Crippen LogP contribution >= 0.6 is 0 Å². The minimum Gasteiger partial charge on any atom is -0.481 e. The quantitative estimate of drug-likeness (QED) is 0.0201. The maximum Gasteiger partial charge on any atom is 0.331 e. The summed E-state index contributed by atoms with van der Waals surface area (Å²) >= 11 is 0. The standard InChI is InChI=1S/C15H21N3O6.C7H14N2O4.C6H14N2O2.2C5H9NO4.C4H7NO4.C2H5NO2/c1-8(16)14(21)23-7-12(18)15(22)24-10-4-2-9(3-5-10)6-11(17)13(19)20;1-3(8)7(12)13-4(2)5(9)6(10)11;7-4-2-1-3-5(8)6(9)10;2*6-3(5(9)10)1-2-4(7)8;5-2(4(8)9)1-3(6)7;3-1-2(4)5/h2-5,8,11-12H,6-7,16-18H2,1H3,(H,19,20);3-5H,8-9H2,1-2H3,(H,10,11);5H,1-4,7-8H2,(H,9,10);2*3H,1-2,6H2,(H,7,8)(H,9,10);2H,1,5H2,(H,6,7)(H,8,9);1,3H2,(H,4,5)/t8-,11-,12-;3-,4+,5-;5-;2*3-;2-;/m000000./s1. The highest BCUT2D eigenvalue weighted by molar-refractivity contribution is 5.81. The maximum atomic E-state index is 11.8. The summed E-state index contributed by atoms with van der Waals surface area (Å²) in [7, 11) is 0. The number of carbonyl (C=O) groups excluding carboxylic acids is 3. The Bertz CT molecular complexity index is 2070. The zero-order chi connectivity index (χ0) is 64.9. The second-order valence-corrected chi connectivity index (χ2v) is 16.2. The predicted molar refractivity (Wildman–Crippen MR) is 277 cm³/mol. The molecule has 0 heterocycles. The Morgan fingerprint density at radius 1 is 0.444 bits per heavy atom. The summed E-state index contributed by atoms with van der Waals surface area (Å²) in [5.74, 6) is -13.0. The zero-order valence-electron chi connectivity index (χ0n) is 44.4. The predicted octanol–water partition coefficient (Wildman–Crippen LogP) is -6.60. The minimum atomic E-state index is -1.29. The van der Waals surface area contributed by atoms with Gasteiger partial charge in [-0.25, -0.2) is 4.79 Å². The summed E-state index contributed by atoms with van der Waals surface area (Å²) in [5.41, 5.74) is 57.2. The SMILES string of the molecule is C[C@H](N)C(=O)OC[C@H](N)C(=O)Oc1ccc(C[C@H](N)C(=O)O)cc1.C[C@H](N)C(=O)O[C@H](C)[C@H](N)C(=O)O.NCC(=O)O.NCCCC[C@H](N)C(=O)O.N[C@@H](CC(=O)O)C(=O)O.N[C@@H](CCC(=O)O)C(=O)O.N[C@@H](CCC(=O)O)C(=O)O. The van der Waals surface area contributed by atoms with Crippen LogP contribution in [-0.4, -0.2) is 209 Å². The summed E-state index contributed by atoms with van der Waals surface area (Å²) in [4.78, 5) is 134. The number of ether oxygens (including phenoxy) is 3. The van der Waals surface area contributed by atoms with Crippen LogP contribution < -0.4 is 67.8 Å². The van der Waals surface area contributed by atoms with Gasteiger partial charge in [0, 0.05) is 12.8 Å². The Morgan fingerprint density at radius 2 is 0.827 bits per heavy atom. The van der Waals surface area contributed by atoms with Gasteiger partial charge in [0.15, 0.2) is 0 Å². The molecule has 10 atom stereocenters. The normalized spacial score (nSPS) is 13.6. The Morgan fingerprint density at radius 3 is 1.12 bits per heavy atom. The second kappa shape index (κ2) is 49.0. The molecule has 1 aromatic rings. The van der Waals surface area contributed by atoms with Crippen LogP contribution in [0, 0.1) is 0 Å². The number of hydrogen-bond acceptors (Lipinski definition) is 27. The molecule has 0 saturated heterocycles. The van der Waals surface area contributed by atoms with Gasteiger partial charge in [-0.2, -0.15) is 0 Å². The average molecular weight is 1180 g/mol. The first-order valence-electron chi connectivity index (χ1n) is 23.2. The fourth-order valence-corrected chi connectivity index (χ4v) is 3.88. The molecule has 37 heteroatoms. The van der Waals surface area contributed by atoms with Crippen LogP contribution in [0.5, 0.6) is 5.75 Å². The van der Waals surface area contributed by atoms with E-state index < -0.39 is 145 Å². The smallest absolute Gasteiger partial charge is 0.331 e. The van der Waals surface area contributed by atoms with Crippen LogP contribution in [0.4, 0.5) is 0 Å². The fourth-order valence-electron chi connectivity index (χ4n) is 3.88. The van der Waals surface area contributed by atoms with Crippen molar-refractivity contribution < 1.29 is 128 Å². The topological polar surface area (TPSA) is 738 Å². The van der Waals surface area contributed by atoms with Gasteiger partial charge in [0.2, 0.25) is 0 Å². The van der Waals surface area contributed by atoms with Crippen LogP contribution in [0.1, 0.15) is 77.7 Å². The Hall–Kier alpha value is -8.11. The minimum absolute atomic E-state index is 0.0231. The maximum absolute atomic E-state index is 11.8. The number of carboxylic acids is 10. The molecular formula is C44H79N11O26. The number of carbonyl (C=O) groups is 13. The van der Waals surface area contributed by atoms with Crippen LogP contribution in [-0.2, 0) is 78.2 Å². The Labute approximate surface area is 461 Å². The van der Waals surface area contributed by atoms with E-state index in [1.54, 1.807) is 12.1 Å².